The number of amides is 1. The summed E-state index contributed by atoms with van der Waals surface area (Å²) in [6.45, 7) is 3.56. The Hall–Kier alpha value is -2.96. The van der Waals surface area contributed by atoms with E-state index >= 15 is 0 Å². The van der Waals surface area contributed by atoms with Crippen molar-refractivity contribution in [2.45, 2.75) is 25.9 Å². The van der Waals surface area contributed by atoms with Gasteiger partial charge in [-0.25, -0.2) is 0 Å². The van der Waals surface area contributed by atoms with Gasteiger partial charge >= 0.3 is 0 Å². The number of rotatable bonds is 8. The van der Waals surface area contributed by atoms with Gasteiger partial charge < -0.3 is 19.5 Å². The van der Waals surface area contributed by atoms with Crippen LogP contribution in [0.5, 0.6) is 11.5 Å². The molecule has 1 N–H and O–H groups in total. The third-order valence-electron chi connectivity index (χ3n) is 3.77. The van der Waals surface area contributed by atoms with Crippen LogP contribution in [0.15, 0.2) is 23.8 Å². The second-order valence-electron chi connectivity index (χ2n) is 5.65. The second kappa shape index (κ2) is 10.1. The Bertz CT molecular complexity index is 737. The first-order valence-electron chi connectivity index (χ1n) is 8.52. The van der Waals surface area contributed by atoms with Crippen molar-refractivity contribution in [3.8, 4) is 29.9 Å². The predicted molar refractivity (Wildman–Crippen MR) is 97.5 cm³/mol. The molecule has 1 aromatic carbocycles. The fourth-order valence-corrected chi connectivity index (χ4v) is 2.54. The summed E-state index contributed by atoms with van der Waals surface area (Å²) >= 11 is 0. The molecule has 1 aromatic rings. The SMILES string of the molecule is C#CCOc1ccc(/C=C(\C#N)C(=O)NCC2CCCO2)cc1OCC. The quantitative estimate of drug-likeness (QED) is 0.440. The molecule has 1 unspecified atom stereocenters. The van der Waals surface area contributed by atoms with Gasteiger partial charge in [0.05, 0.1) is 12.7 Å². The van der Waals surface area contributed by atoms with Crippen LogP contribution in [0.3, 0.4) is 0 Å². The average Bonchev–Trinajstić information content (AvgIpc) is 3.17. The number of terminal acetylenes is 1. The van der Waals surface area contributed by atoms with Gasteiger partial charge in [0.1, 0.15) is 18.2 Å². The highest BCUT2D eigenvalue weighted by Gasteiger charge is 2.17. The third kappa shape index (κ3) is 5.54. The van der Waals surface area contributed by atoms with E-state index < -0.39 is 5.91 Å². The van der Waals surface area contributed by atoms with Gasteiger partial charge in [-0.2, -0.15) is 5.26 Å². The maximum absolute atomic E-state index is 12.2. The van der Waals surface area contributed by atoms with Gasteiger partial charge in [0.15, 0.2) is 11.5 Å². The molecule has 0 bridgehead atoms. The zero-order valence-electron chi connectivity index (χ0n) is 14.8. The Labute approximate surface area is 153 Å². The van der Waals surface area contributed by atoms with E-state index in [1.54, 1.807) is 18.2 Å². The highest BCUT2D eigenvalue weighted by atomic mass is 16.5. The first-order valence-corrected chi connectivity index (χ1v) is 8.52. The molecule has 0 aliphatic carbocycles. The maximum atomic E-state index is 12.2. The Kier molecular flexibility index (Phi) is 7.54. The number of nitriles is 1. The van der Waals surface area contributed by atoms with E-state index in [2.05, 4.69) is 11.2 Å². The molecule has 6 heteroatoms. The summed E-state index contributed by atoms with van der Waals surface area (Å²) in [7, 11) is 0. The lowest BCUT2D eigenvalue weighted by molar-refractivity contribution is -0.117. The number of ether oxygens (including phenoxy) is 3. The normalized spacial score (nSPS) is 16.4. The van der Waals surface area contributed by atoms with Crippen molar-refractivity contribution in [1.82, 2.24) is 5.32 Å². The number of nitrogens with one attached hydrogen (secondary N) is 1. The van der Waals surface area contributed by atoms with Gasteiger partial charge in [0.25, 0.3) is 5.91 Å². The van der Waals surface area contributed by atoms with E-state index in [0.717, 1.165) is 19.4 Å². The summed E-state index contributed by atoms with van der Waals surface area (Å²) in [5.74, 6) is 3.00. The second-order valence-corrected chi connectivity index (χ2v) is 5.65. The fourth-order valence-electron chi connectivity index (χ4n) is 2.54. The number of benzene rings is 1. The number of carbonyl (C=O) groups excluding carboxylic acids is 1. The van der Waals surface area contributed by atoms with Crippen molar-refractivity contribution in [1.29, 1.82) is 5.26 Å². The van der Waals surface area contributed by atoms with Crippen molar-refractivity contribution in [2.75, 3.05) is 26.4 Å². The van der Waals surface area contributed by atoms with Crippen molar-refractivity contribution in [3.05, 3.63) is 29.3 Å². The molecule has 1 aliphatic rings. The minimum absolute atomic E-state index is 0.0164. The van der Waals surface area contributed by atoms with Gasteiger partial charge in [-0.3, -0.25) is 4.79 Å². The number of hydrogen-bond donors (Lipinski definition) is 1. The summed E-state index contributed by atoms with van der Waals surface area (Å²) < 4.78 is 16.4. The molecule has 136 valence electrons. The van der Waals surface area contributed by atoms with Crippen LogP contribution in [0.2, 0.25) is 0 Å². The molecule has 2 rings (SSSR count). The number of hydrogen-bond acceptors (Lipinski definition) is 5. The van der Waals surface area contributed by atoms with Crippen molar-refractivity contribution in [3.63, 3.8) is 0 Å². The van der Waals surface area contributed by atoms with Gasteiger partial charge in [0, 0.05) is 13.2 Å². The highest BCUT2D eigenvalue weighted by Crippen LogP contribution is 2.29. The molecular formula is C20H22N2O4. The highest BCUT2D eigenvalue weighted by molar-refractivity contribution is 6.01. The minimum Gasteiger partial charge on any atom is -0.490 e. The molecule has 1 atom stereocenters. The van der Waals surface area contributed by atoms with Gasteiger partial charge in [-0.05, 0) is 43.5 Å². The zero-order chi connectivity index (χ0) is 18.8. The summed E-state index contributed by atoms with van der Waals surface area (Å²) in [6, 6.07) is 7.08. The first kappa shape index (κ1) is 19.4. The molecular weight excluding hydrogens is 332 g/mol. The molecule has 1 saturated heterocycles. The standard InChI is InChI=1S/C20H22N2O4/c1-3-9-26-18-8-7-15(12-19(18)24-4-2)11-16(13-21)20(23)22-14-17-6-5-10-25-17/h1,7-8,11-12,17H,4-6,9-10,14H2,2H3,(H,22,23)/b16-11+. The Balaban J connectivity index is 2.11. The topological polar surface area (TPSA) is 80.6 Å². The van der Waals surface area contributed by atoms with Crippen LogP contribution in [0.4, 0.5) is 0 Å². The van der Waals surface area contributed by atoms with Gasteiger partial charge in [0.2, 0.25) is 0 Å². The smallest absolute Gasteiger partial charge is 0.262 e. The molecule has 1 aliphatic heterocycles. The summed E-state index contributed by atoms with van der Waals surface area (Å²) in [6.07, 6.45) is 8.66. The van der Waals surface area contributed by atoms with E-state index in [9.17, 15) is 10.1 Å². The van der Waals surface area contributed by atoms with Crippen LogP contribution in [0.25, 0.3) is 6.08 Å². The van der Waals surface area contributed by atoms with Crippen LogP contribution in [0.1, 0.15) is 25.3 Å². The Morgan fingerprint density at radius 2 is 2.31 bits per heavy atom. The molecule has 1 fully saturated rings. The Morgan fingerprint density at radius 3 is 2.96 bits per heavy atom. The van der Waals surface area contributed by atoms with Crippen LogP contribution in [-0.2, 0) is 9.53 Å². The first-order chi connectivity index (χ1) is 12.7. The van der Waals surface area contributed by atoms with E-state index in [0.29, 0.717) is 30.2 Å². The van der Waals surface area contributed by atoms with E-state index in [4.69, 9.17) is 20.6 Å². The molecule has 0 radical (unpaired) electrons. The summed E-state index contributed by atoms with van der Waals surface area (Å²) in [4.78, 5) is 12.2. The van der Waals surface area contributed by atoms with Gasteiger partial charge in [-0.15, -0.1) is 6.42 Å². The fraction of sp³-hybridized carbons (Fsp3) is 0.400. The molecule has 1 heterocycles. The van der Waals surface area contributed by atoms with Crippen molar-refractivity contribution >= 4 is 12.0 Å². The largest absolute Gasteiger partial charge is 0.490 e. The lowest BCUT2D eigenvalue weighted by Gasteiger charge is -2.12. The van der Waals surface area contributed by atoms with Crippen LogP contribution >= 0.6 is 0 Å². The van der Waals surface area contributed by atoms with Crippen LogP contribution in [-0.4, -0.2) is 38.4 Å². The van der Waals surface area contributed by atoms with Crippen molar-refractivity contribution < 1.29 is 19.0 Å². The molecule has 0 spiro atoms. The zero-order valence-corrected chi connectivity index (χ0v) is 14.8. The van der Waals surface area contributed by atoms with Crippen LogP contribution < -0.4 is 14.8 Å². The van der Waals surface area contributed by atoms with Crippen LogP contribution in [0, 0.1) is 23.7 Å². The average molecular weight is 354 g/mol. The molecule has 1 amide bonds. The molecule has 6 nitrogen and oxygen atoms in total. The number of nitrogens with zero attached hydrogens (tertiary/aromatic N) is 1. The molecule has 0 aromatic heterocycles. The maximum Gasteiger partial charge on any atom is 0.262 e. The Morgan fingerprint density at radius 1 is 1.46 bits per heavy atom. The monoisotopic (exact) mass is 354 g/mol. The van der Waals surface area contributed by atoms with E-state index in [1.165, 1.54) is 6.08 Å². The predicted octanol–water partition coefficient (Wildman–Crippen LogP) is 2.30. The third-order valence-corrected chi connectivity index (χ3v) is 3.77. The molecule has 0 saturated carbocycles. The lowest BCUT2D eigenvalue weighted by Crippen LogP contribution is -2.32. The lowest BCUT2D eigenvalue weighted by atomic mass is 10.1. The van der Waals surface area contributed by atoms with Crippen molar-refractivity contribution in [2.24, 2.45) is 0 Å². The summed E-state index contributed by atoms with van der Waals surface area (Å²) in [5, 5.41) is 12.0. The van der Waals surface area contributed by atoms with E-state index in [-0.39, 0.29) is 18.3 Å². The van der Waals surface area contributed by atoms with E-state index in [1.807, 2.05) is 13.0 Å². The summed E-state index contributed by atoms with van der Waals surface area (Å²) in [5.41, 5.74) is 0.674. The number of carbonyl (C=O) groups is 1. The molecule has 26 heavy (non-hydrogen) atoms. The van der Waals surface area contributed by atoms with Gasteiger partial charge in [-0.1, -0.05) is 12.0 Å². The minimum atomic E-state index is -0.423.